The molecule has 5 nitrogen and oxygen atoms in total. The number of nitrogens with one attached hydrogen (secondary N) is 1. The lowest BCUT2D eigenvalue weighted by Gasteiger charge is -2.06. The lowest BCUT2D eigenvalue weighted by atomic mass is 10.3. The maximum atomic E-state index is 11.3. The number of carbonyl (C=O) groups excluding carboxylic acids is 1. The molecule has 0 bridgehead atoms. The maximum absolute atomic E-state index is 11.3. The standard InChI is InChI=1S/C9H13N3O2S/c1-7(11-6-10)8(5-13)12-9(14)3-4-15-2/h5,13H,3-4H2,1-2H3,(H,12,14)/b8-5-,11-7?. The van der Waals surface area contributed by atoms with E-state index in [9.17, 15) is 4.79 Å². The van der Waals surface area contributed by atoms with E-state index in [1.54, 1.807) is 18.0 Å². The summed E-state index contributed by atoms with van der Waals surface area (Å²) in [6, 6.07) is 0. The Balaban J connectivity index is 4.31. The molecule has 0 aromatic heterocycles. The Bertz CT molecular complexity index is 318. The molecule has 2 N–H and O–H groups in total. The predicted molar refractivity (Wildman–Crippen MR) is 60.6 cm³/mol. The topological polar surface area (TPSA) is 85.5 Å². The fourth-order valence-corrected chi connectivity index (χ4v) is 1.15. The Morgan fingerprint density at radius 3 is 2.87 bits per heavy atom. The molecular formula is C9H13N3O2S. The molecule has 0 fully saturated rings. The average molecular weight is 227 g/mol. The molecular weight excluding hydrogens is 214 g/mol. The number of nitrogens with zero attached hydrogens (tertiary/aromatic N) is 2. The van der Waals surface area contributed by atoms with Crippen molar-refractivity contribution in [2.24, 2.45) is 4.99 Å². The number of amides is 1. The smallest absolute Gasteiger partial charge is 0.225 e. The molecule has 0 aromatic carbocycles. The summed E-state index contributed by atoms with van der Waals surface area (Å²) in [5.41, 5.74) is 0.431. The van der Waals surface area contributed by atoms with Gasteiger partial charge < -0.3 is 10.4 Å². The summed E-state index contributed by atoms with van der Waals surface area (Å²) in [7, 11) is 0. The van der Waals surface area contributed by atoms with Crippen molar-refractivity contribution in [2.45, 2.75) is 13.3 Å². The van der Waals surface area contributed by atoms with Gasteiger partial charge in [-0.2, -0.15) is 22.0 Å². The van der Waals surface area contributed by atoms with Gasteiger partial charge in [-0.05, 0) is 13.2 Å². The highest BCUT2D eigenvalue weighted by Gasteiger charge is 2.07. The number of nitriles is 1. The first-order chi connectivity index (χ1) is 7.15. The normalized spacial score (nSPS) is 12.1. The zero-order valence-electron chi connectivity index (χ0n) is 8.65. The van der Waals surface area contributed by atoms with Crippen LogP contribution in [0.15, 0.2) is 17.0 Å². The molecule has 1 amide bonds. The van der Waals surface area contributed by atoms with E-state index >= 15 is 0 Å². The second-order valence-electron chi connectivity index (χ2n) is 2.63. The Labute approximate surface area is 92.9 Å². The highest BCUT2D eigenvalue weighted by atomic mass is 32.2. The summed E-state index contributed by atoms with van der Waals surface area (Å²) >= 11 is 1.56. The lowest BCUT2D eigenvalue weighted by Crippen LogP contribution is -2.26. The highest BCUT2D eigenvalue weighted by Crippen LogP contribution is 1.98. The third kappa shape index (κ3) is 5.75. The van der Waals surface area contributed by atoms with Crippen LogP contribution in [0.5, 0.6) is 0 Å². The number of aliphatic hydroxyl groups excluding tert-OH is 1. The van der Waals surface area contributed by atoms with Crippen LogP contribution < -0.4 is 5.32 Å². The number of carbonyl (C=O) groups is 1. The number of aliphatic hydroxyl groups is 1. The quantitative estimate of drug-likeness (QED) is 0.420. The molecule has 0 saturated carbocycles. The number of thioether (sulfide) groups is 1. The van der Waals surface area contributed by atoms with Crippen molar-refractivity contribution in [2.75, 3.05) is 12.0 Å². The second-order valence-corrected chi connectivity index (χ2v) is 3.62. The van der Waals surface area contributed by atoms with Crippen LogP contribution in [0.4, 0.5) is 0 Å². The molecule has 0 atom stereocenters. The van der Waals surface area contributed by atoms with E-state index in [1.807, 2.05) is 6.26 Å². The third-order valence-electron chi connectivity index (χ3n) is 1.54. The molecule has 0 aliphatic carbocycles. The predicted octanol–water partition coefficient (Wildman–Crippen LogP) is 1.20. The molecule has 0 aliphatic rings. The molecule has 0 aromatic rings. The molecule has 82 valence electrons. The van der Waals surface area contributed by atoms with Gasteiger partial charge in [0.1, 0.15) is 6.26 Å². The molecule has 0 heterocycles. The van der Waals surface area contributed by atoms with Crippen LogP contribution in [0.1, 0.15) is 13.3 Å². The minimum absolute atomic E-state index is 0.155. The largest absolute Gasteiger partial charge is 0.513 e. The second kappa shape index (κ2) is 7.88. The minimum atomic E-state index is -0.211. The van der Waals surface area contributed by atoms with Gasteiger partial charge in [-0.15, -0.1) is 0 Å². The number of allylic oxidation sites excluding steroid dienone is 1. The fourth-order valence-electron chi connectivity index (χ4n) is 0.759. The van der Waals surface area contributed by atoms with Crippen LogP contribution in [-0.2, 0) is 4.79 Å². The van der Waals surface area contributed by atoms with Crippen LogP contribution in [0, 0.1) is 11.5 Å². The zero-order chi connectivity index (χ0) is 11.7. The molecule has 0 radical (unpaired) electrons. The summed E-state index contributed by atoms with van der Waals surface area (Å²) in [6.07, 6.45) is 4.57. The maximum Gasteiger partial charge on any atom is 0.225 e. The lowest BCUT2D eigenvalue weighted by molar-refractivity contribution is -0.119. The molecule has 0 unspecified atom stereocenters. The van der Waals surface area contributed by atoms with Gasteiger partial charge in [0.15, 0.2) is 0 Å². The van der Waals surface area contributed by atoms with Crippen molar-refractivity contribution in [1.29, 1.82) is 5.26 Å². The number of hydrogen-bond acceptors (Lipinski definition) is 5. The van der Waals surface area contributed by atoms with Gasteiger partial charge in [0.2, 0.25) is 12.1 Å². The SMILES string of the molecule is CSCCC(=O)N/C(=C\O)C(C)=NC#N. The van der Waals surface area contributed by atoms with E-state index < -0.39 is 0 Å². The van der Waals surface area contributed by atoms with Gasteiger partial charge in [-0.3, -0.25) is 4.79 Å². The van der Waals surface area contributed by atoms with Gasteiger partial charge >= 0.3 is 0 Å². The highest BCUT2D eigenvalue weighted by molar-refractivity contribution is 7.98. The van der Waals surface area contributed by atoms with E-state index in [0.29, 0.717) is 12.2 Å². The van der Waals surface area contributed by atoms with Gasteiger partial charge in [0, 0.05) is 12.2 Å². The Morgan fingerprint density at radius 2 is 2.40 bits per heavy atom. The van der Waals surface area contributed by atoms with Crippen molar-refractivity contribution < 1.29 is 9.90 Å². The molecule has 0 saturated heterocycles. The van der Waals surface area contributed by atoms with E-state index in [1.165, 1.54) is 6.92 Å². The van der Waals surface area contributed by atoms with Crippen LogP contribution in [0.2, 0.25) is 0 Å². The summed E-state index contributed by atoms with van der Waals surface area (Å²) in [4.78, 5) is 14.7. The van der Waals surface area contributed by atoms with Gasteiger partial charge in [-0.25, -0.2) is 0 Å². The van der Waals surface area contributed by atoms with Crippen LogP contribution >= 0.6 is 11.8 Å². The van der Waals surface area contributed by atoms with E-state index in [4.69, 9.17) is 10.4 Å². The minimum Gasteiger partial charge on any atom is -0.513 e. The number of aliphatic imine (C=N–C) groups is 1. The van der Waals surface area contributed by atoms with Gasteiger partial charge in [0.05, 0.1) is 11.4 Å². The molecule has 0 aliphatic heterocycles. The number of hydrogen-bond donors (Lipinski definition) is 2. The molecule has 0 rings (SSSR count). The van der Waals surface area contributed by atoms with Crippen molar-refractivity contribution in [3.8, 4) is 6.19 Å². The Morgan fingerprint density at radius 1 is 1.73 bits per heavy atom. The van der Waals surface area contributed by atoms with Gasteiger partial charge in [0.25, 0.3) is 0 Å². The van der Waals surface area contributed by atoms with Crippen LogP contribution in [0.25, 0.3) is 0 Å². The monoisotopic (exact) mass is 227 g/mol. The van der Waals surface area contributed by atoms with Gasteiger partial charge in [-0.1, -0.05) is 0 Å². The summed E-state index contributed by atoms with van der Waals surface area (Å²) in [5.74, 6) is 0.496. The van der Waals surface area contributed by atoms with Crippen molar-refractivity contribution in [1.82, 2.24) is 5.32 Å². The van der Waals surface area contributed by atoms with Crippen molar-refractivity contribution in [3.05, 3.63) is 12.0 Å². The molecule has 6 heteroatoms. The van der Waals surface area contributed by atoms with Crippen LogP contribution in [0.3, 0.4) is 0 Å². The van der Waals surface area contributed by atoms with Crippen LogP contribution in [-0.4, -0.2) is 28.7 Å². The first-order valence-corrected chi connectivity index (χ1v) is 5.62. The van der Waals surface area contributed by atoms with E-state index in [0.717, 1.165) is 6.26 Å². The molecule has 15 heavy (non-hydrogen) atoms. The van der Waals surface area contributed by atoms with E-state index in [-0.39, 0.29) is 17.3 Å². The number of rotatable bonds is 5. The third-order valence-corrected chi connectivity index (χ3v) is 2.16. The zero-order valence-corrected chi connectivity index (χ0v) is 9.47. The van der Waals surface area contributed by atoms with Crippen molar-refractivity contribution in [3.63, 3.8) is 0 Å². The Kier molecular flexibility index (Phi) is 7.10. The fraction of sp³-hybridized carbons (Fsp3) is 0.444. The summed E-state index contributed by atoms with van der Waals surface area (Å²) < 4.78 is 0. The Hall–Kier alpha value is -1.48. The van der Waals surface area contributed by atoms with E-state index in [2.05, 4.69) is 10.3 Å². The summed E-state index contributed by atoms with van der Waals surface area (Å²) in [5, 5.41) is 19.6. The van der Waals surface area contributed by atoms with Crippen molar-refractivity contribution >= 4 is 23.4 Å². The average Bonchev–Trinajstić information content (AvgIpc) is 2.23. The first kappa shape index (κ1) is 13.5. The molecule has 0 spiro atoms. The summed E-state index contributed by atoms with van der Waals surface area (Å²) in [6.45, 7) is 1.53. The first-order valence-electron chi connectivity index (χ1n) is 4.22.